The van der Waals surface area contributed by atoms with Gasteiger partial charge in [0.15, 0.2) is 0 Å². The van der Waals surface area contributed by atoms with E-state index in [1.54, 1.807) is 30.3 Å². The van der Waals surface area contributed by atoms with Gasteiger partial charge in [-0.05, 0) is 84.3 Å². The first kappa shape index (κ1) is 20.3. The van der Waals surface area contributed by atoms with Crippen LogP contribution in [0.15, 0.2) is 66.7 Å². The molecule has 31 heavy (non-hydrogen) atoms. The summed E-state index contributed by atoms with van der Waals surface area (Å²) < 4.78 is 27.2. The fourth-order valence-corrected chi connectivity index (χ4v) is 3.52. The molecule has 1 aromatic heterocycles. The van der Waals surface area contributed by atoms with Crippen molar-refractivity contribution in [3.05, 3.63) is 89.5 Å². The van der Waals surface area contributed by atoms with Crippen LogP contribution in [0.3, 0.4) is 0 Å². The van der Waals surface area contributed by atoms with Crippen LogP contribution in [-0.4, -0.2) is 16.8 Å². The molecule has 0 aliphatic rings. The SMILES string of the molecule is NC(=O)c1ccc(NC(=O)CCc2c(-c3ccc(F)cc3)[nH]c3ccc(F)cc23)cc1. The number of hydrogen-bond donors (Lipinski definition) is 3. The Kier molecular flexibility index (Phi) is 5.49. The molecule has 0 fully saturated rings. The van der Waals surface area contributed by atoms with Gasteiger partial charge in [0.2, 0.25) is 11.8 Å². The third kappa shape index (κ3) is 4.45. The number of nitrogens with two attached hydrogens (primary N) is 1. The average Bonchev–Trinajstić information content (AvgIpc) is 3.10. The number of nitrogens with one attached hydrogen (secondary N) is 2. The number of hydrogen-bond acceptors (Lipinski definition) is 2. The number of aromatic nitrogens is 1. The first-order chi connectivity index (χ1) is 14.9. The lowest BCUT2D eigenvalue weighted by atomic mass is 10.0. The van der Waals surface area contributed by atoms with Gasteiger partial charge in [0.1, 0.15) is 11.6 Å². The predicted molar refractivity (Wildman–Crippen MR) is 116 cm³/mol. The van der Waals surface area contributed by atoms with Crippen LogP contribution < -0.4 is 11.1 Å². The average molecular weight is 419 g/mol. The third-order valence-electron chi connectivity index (χ3n) is 5.06. The molecular weight excluding hydrogens is 400 g/mol. The molecule has 3 aromatic carbocycles. The monoisotopic (exact) mass is 419 g/mol. The highest BCUT2D eigenvalue weighted by Crippen LogP contribution is 2.32. The molecule has 0 unspecified atom stereocenters. The molecule has 0 radical (unpaired) electrons. The molecule has 0 aliphatic heterocycles. The van der Waals surface area contributed by atoms with Gasteiger partial charge in [-0.15, -0.1) is 0 Å². The van der Waals surface area contributed by atoms with E-state index in [1.807, 2.05) is 0 Å². The van der Waals surface area contributed by atoms with Gasteiger partial charge in [0.05, 0.1) is 0 Å². The highest BCUT2D eigenvalue weighted by atomic mass is 19.1. The number of fused-ring (bicyclic) bond motifs is 1. The van der Waals surface area contributed by atoms with E-state index < -0.39 is 5.91 Å². The van der Waals surface area contributed by atoms with Crippen LogP contribution >= 0.6 is 0 Å². The topological polar surface area (TPSA) is 88.0 Å². The van der Waals surface area contributed by atoms with Crippen molar-refractivity contribution in [1.29, 1.82) is 0 Å². The molecule has 0 spiro atoms. The molecule has 7 heteroatoms. The van der Waals surface area contributed by atoms with Gasteiger partial charge >= 0.3 is 0 Å². The number of aryl methyl sites for hydroxylation is 1. The molecule has 5 nitrogen and oxygen atoms in total. The number of benzene rings is 3. The molecule has 0 bridgehead atoms. The van der Waals surface area contributed by atoms with Crippen LogP contribution in [0.25, 0.3) is 22.2 Å². The zero-order valence-electron chi connectivity index (χ0n) is 16.4. The zero-order chi connectivity index (χ0) is 22.0. The minimum atomic E-state index is -0.544. The van der Waals surface area contributed by atoms with Crippen molar-refractivity contribution in [2.45, 2.75) is 12.8 Å². The van der Waals surface area contributed by atoms with Gasteiger partial charge in [-0.1, -0.05) is 0 Å². The maximum atomic E-state index is 13.9. The highest BCUT2D eigenvalue weighted by molar-refractivity contribution is 5.95. The summed E-state index contributed by atoms with van der Waals surface area (Å²) in [4.78, 5) is 26.9. The van der Waals surface area contributed by atoms with Crippen molar-refractivity contribution in [3.63, 3.8) is 0 Å². The number of aromatic amines is 1. The van der Waals surface area contributed by atoms with Crippen molar-refractivity contribution in [3.8, 4) is 11.3 Å². The molecule has 0 aliphatic carbocycles. The molecular formula is C24H19F2N3O2. The minimum absolute atomic E-state index is 0.148. The second-order valence-electron chi connectivity index (χ2n) is 7.17. The van der Waals surface area contributed by atoms with E-state index in [1.165, 1.54) is 36.4 Å². The highest BCUT2D eigenvalue weighted by Gasteiger charge is 2.16. The lowest BCUT2D eigenvalue weighted by molar-refractivity contribution is -0.116. The number of halogens is 2. The predicted octanol–water partition coefficient (Wildman–Crippen LogP) is 4.78. The summed E-state index contributed by atoms with van der Waals surface area (Å²) in [5.74, 6) is -1.51. The van der Waals surface area contributed by atoms with E-state index in [4.69, 9.17) is 5.73 Å². The molecule has 4 rings (SSSR count). The quantitative estimate of drug-likeness (QED) is 0.420. The molecule has 4 aromatic rings. The molecule has 0 saturated carbocycles. The standard InChI is InChI=1S/C24H19F2N3O2/c25-16-5-1-14(2-6-16)23-19(20-13-17(26)7-11-21(20)29-23)10-12-22(30)28-18-8-3-15(4-9-18)24(27)31/h1-9,11,13,29H,10,12H2,(H2,27,31)(H,28,30). The Morgan fingerprint density at radius 3 is 2.26 bits per heavy atom. The molecule has 0 saturated heterocycles. The summed E-state index contributed by atoms with van der Waals surface area (Å²) in [6.07, 6.45) is 0.497. The normalized spacial score (nSPS) is 10.9. The number of amides is 2. The first-order valence-electron chi connectivity index (χ1n) is 9.66. The largest absolute Gasteiger partial charge is 0.366 e. The van der Waals surface area contributed by atoms with Crippen LogP contribution in [0.4, 0.5) is 14.5 Å². The van der Waals surface area contributed by atoms with Gasteiger partial charge in [-0.25, -0.2) is 8.78 Å². The van der Waals surface area contributed by atoms with E-state index in [0.29, 0.717) is 23.1 Å². The van der Waals surface area contributed by atoms with Crippen LogP contribution in [0, 0.1) is 11.6 Å². The van der Waals surface area contributed by atoms with Gasteiger partial charge in [-0.3, -0.25) is 9.59 Å². The number of anilines is 1. The minimum Gasteiger partial charge on any atom is -0.366 e. The number of carbonyl (C=O) groups is 2. The van der Waals surface area contributed by atoms with Crippen LogP contribution in [0.2, 0.25) is 0 Å². The molecule has 4 N–H and O–H groups in total. The Morgan fingerprint density at radius 2 is 1.58 bits per heavy atom. The molecule has 0 atom stereocenters. The lowest BCUT2D eigenvalue weighted by Crippen LogP contribution is -2.13. The van der Waals surface area contributed by atoms with E-state index in [9.17, 15) is 18.4 Å². The van der Waals surface area contributed by atoms with Crippen LogP contribution in [-0.2, 0) is 11.2 Å². The summed E-state index contributed by atoms with van der Waals surface area (Å²) in [5, 5.41) is 3.45. The van der Waals surface area contributed by atoms with Crippen molar-refractivity contribution < 1.29 is 18.4 Å². The lowest BCUT2D eigenvalue weighted by Gasteiger charge is -2.08. The van der Waals surface area contributed by atoms with E-state index in [-0.39, 0.29) is 24.0 Å². The summed E-state index contributed by atoms with van der Waals surface area (Å²) in [5.41, 5.74) is 9.09. The second-order valence-corrected chi connectivity index (χ2v) is 7.17. The second kappa shape index (κ2) is 8.39. The number of primary amides is 1. The van der Waals surface area contributed by atoms with E-state index in [0.717, 1.165) is 22.3 Å². The number of rotatable bonds is 6. The summed E-state index contributed by atoms with van der Waals surface area (Å²) in [7, 11) is 0. The Hall–Kier alpha value is -4.00. The Labute approximate surface area is 176 Å². The summed E-state index contributed by atoms with van der Waals surface area (Å²) >= 11 is 0. The van der Waals surface area contributed by atoms with Crippen molar-refractivity contribution in [2.75, 3.05) is 5.32 Å². The third-order valence-corrected chi connectivity index (χ3v) is 5.06. The Bertz CT molecular complexity index is 1260. The van der Waals surface area contributed by atoms with Crippen molar-refractivity contribution in [1.82, 2.24) is 4.98 Å². The van der Waals surface area contributed by atoms with Gasteiger partial charge in [0, 0.05) is 34.3 Å². The maximum Gasteiger partial charge on any atom is 0.248 e. The van der Waals surface area contributed by atoms with Crippen molar-refractivity contribution in [2.24, 2.45) is 5.73 Å². The first-order valence-corrected chi connectivity index (χ1v) is 9.66. The summed E-state index contributed by atoms with van der Waals surface area (Å²) in [6.45, 7) is 0. The van der Waals surface area contributed by atoms with Crippen molar-refractivity contribution >= 4 is 28.4 Å². The number of H-pyrrole nitrogens is 1. The van der Waals surface area contributed by atoms with Gasteiger partial charge in [0.25, 0.3) is 0 Å². The van der Waals surface area contributed by atoms with Gasteiger partial charge < -0.3 is 16.0 Å². The molecule has 156 valence electrons. The smallest absolute Gasteiger partial charge is 0.248 e. The van der Waals surface area contributed by atoms with Crippen LogP contribution in [0.1, 0.15) is 22.3 Å². The maximum absolute atomic E-state index is 13.9. The molecule has 1 heterocycles. The van der Waals surface area contributed by atoms with E-state index in [2.05, 4.69) is 10.3 Å². The van der Waals surface area contributed by atoms with Crippen LogP contribution in [0.5, 0.6) is 0 Å². The summed E-state index contributed by atoms with van der Waals surface area (Å²) in [6, 6.07) is 16.7. The zero-order valence-corrected chi connectivity index (χ0v) is 16.4. The Morgan fingerprint density at radius 1 is 0.903 bits per heavy atom. The fourth-order valence-electron chi connectivity index (χ4n) is 3.52. The fraction of sp³-hybridized carbons (Fsp3) is 0.0833. The number of carbonyl (C=O) groups excluding carboxylic acids is 2. The molecule has 2 amide bonds. The van der Waals surface area contributed by atoms with Gasteiger partial charge in [-0.2, -0.15) is 0 Å². The Balaban J connectivity index is 1.57. The van der Waals surface area contributed by atoms with E-state index >= 15 is 0 Å².